The molecule has 0 fully saturated rings. The molecule has 6 heteroatoms. The van der Waals surface area contributed by atoms with Gasteiger partial charge in [0.15, 0.2) is 0 Å². The molecule has 0 aliphatic heterocycles. The highest BCUT2D eigenvalue weighted by Gasteiger charge is 2.09. The van der Waals surface area contributed by atoms with Crippen LogP contribution in [0.25, 0.3) is 0 Å². The van der Waals surface area contributed by atoms with Crippen LogP contribution in [0.15, 0.2) is 0 Å². The highest BCUT2D eigenvalue weighted by Crippen LogP contribution is 1.99. The maximum atomic E-state index is 10.8. The molecule has 1 N–H and O–H groups in total. The Hall–Kier alpha value is -0.620. The quantitative estimate of drug-likeness (QED) is 0.423. The third-order valence-corrected chi connectivity index (χ3v) is 1.40. The van der Waals surface area contributed by atoms with Crippen molar-refractivity contribution in [3.05, 3.63) is 0 Å². The van der Waals surface area contributed by atoms with Crippen molar-refractivity contribution in [3.8, 4) is 0 Å². The van der Waals surface area contributed by atoms with E-state index in [1.54, 1.807) is 6.92 Å². The van der Waals surface area contributed by atoms with E-state index in [9.17, 15) is 9.59 Å². The molecule has 0 heterocycles. The predicted octanol–water partition coefficient (Wildman–Crippen LogP) is 0.414. The lowest BCUT2D eigenvalue weighted by molar-refractivity contribution is -0.146. The van der Waals surface area contributed by atoms with Crippen LogP contribution in [-0.4, -0.2) is 41.7 Å². The summed E-state index contributed by atoms with van der Waals surface area (Å²) in [6, 6.07) is 0. The van der Waals surface area contributed by atoms with Crippen LogP contribution < -0.4 is 0 Å². The predicted molar refractivity (Wildman–Crippen MR) is 47.8 cm³/mol. The van der Waals surface area contributed by atoms with Gasteiger partial charge in [-0.1, -0.05) is 15.9 Å². The summed E-state index contributed by atoms with van der Waals surface area (Å²) >= 11 is 3.02. The third kappa shape index (κ3) is 7.73. The normalized spacial score (nSPS) is 12.2. The van der Waals surface area contributed by atoms with Gasteiger partial charge in [0.2, 0.25) is 0 Å². The Morgan fingerprint density at radius 1 is 1.46 bits per heavy atom. The van der Waals surface area contributed by atoms with Crippen molar-refractivity contribution >= 4 is 27.9 Å². The number of ether oxygens (including phenoxy) is 2. The minimum Gasteiger partial charge on any atom is -0.480 e. The van der Waals surface area contributed by atoms with Gasteiger partial charge in [-0.2, -0.15) is 0 Å². The summed E-state index contributed by atoms with van der Waals surface area (Å²) in [5.74, 6) is -1.43. The minimum absolute atomic E-state index is 0.0715. The van der Waals surface area contributed by atoms with Crippen LogP contribution in [-0.2, 0) is 19.1 Å². The van der Waals surface area contributed by atoms with E-state index in [-0.39, 0.29) is 30.6 Å². The van der Waals surface area contributed by atoms with Crippen molar-refractivity contribution < 1.29 is 24.2 Å². The number of esters is 1. The molecule has 1 unspecified atom stereocenters. The summed E-state index contributed by atoms with van der Waals surface area (Å²) in [5.41, 5.74) is 0. The molecule has 0 saturated heterocycles. The van der Waals surface area contributed by atoms with Crippen LogP contribution in [0.2, 0.25) is 0 Å². The summed E-state index contributed by atoms with van der Waals surface area (Å²) < 4.78 is 9.31. The first-order valence-electron chi connectivity index (χ1n) is 3.64. The number of carbonyl (C=O) groups excluding carboxylic acids is 1. The van der Waals surface area contributed by atoms with E-state index in [1.165, 1.54) is 0 Å². The van der Waals surface area contributed by atoms with Crippen LogP contribution in [0.3, 0.4) is 0 Å². The lowest BCUT2D eigenvalue weighted by Crippen LogP contribution is -2.18. The maximum Gasteiger partial charge on any atom is 0.329 e. The molecule has 0 aliphatic carbocycles. The van der Waals surface area contributed by atoms with Gasteiger partial charge in [0.25, 0.3) is 0 Å². The van der Waals surface area contributed by atoms with Gasteiger partial charge in [-0.3, -0.25) is 4.79 Å². The second kappa shape index (κ2) is 6.85. The number of carboxylic acids is 1. The van der Waals surface area contributed by atoms with Gasteiger partial charge in [0.05, 0.1) is 6.61 Å². The van der Waals surface area contributed by atoms with Crippen molar-refractivity contribution in [2.75, 3.05) is 19.8 Å². The molecule has 76 valence electrons. The molecular weight excluding hydrogens is 244 g/mol. The molecule has 0 amide bonds. The fraction of sp³-hybridized carbons (Fsp3) is 0.714. The number of carbonyl (C=O) groups is 2. The van der Waals surface area contributed by atoms with Gasteiger partial charge in [0, 0.05) is 0 Å². The van der Waals surface area contributed by atoms with E-state index in [1.807, 2.05) is 0 Å². The SMILES string of the molecule is CC(Br)C(=O)OCCOCC(=O)O. The fourth-order valence-corrected chi connectivity index (χ4v) is 0.608. The average Bonchev–Trinajstić information content (AvgIpc) is 2.02. The summed E-state index contributed by atoms with van der Waals surface area (Å²) in [6.45, 7) is 1.43. The van der Waals surface area contributed by atoms with E-state index in [4.69, 9.17) is 5.11 Å². The van der Waals surface area contributed by atoms with E-state index >= 15 is 0 Å². The summed E-state index contributed by atoms with van der Waals surface area (Å²) in [5, 5.41) is 8.17. The molecule has 0 aliphatic rings. The Labute approximate surface area is 84.1 Å². The molecule has 13 heavy (non-hydrogen) atoms. The summed E-state index contributed by atoms with van der Waals surface area (Å²) in [7, 11) is 0. The summed E-state index contributed by atoms with van der Waals surface area (Å²) in [6.07, 6.45) is 0. The lowest BCUT2D eigenvalue weighted by atomic mass is 10.5. The molecular formula is C7H11BrO5. The largest absolute Gasteiger partial charge is 0.480 e. The first-order valence-corrected chi connectivity index (χ1v) is 4.56. The smallest absolute Gasteiger partial charge is 0.329 e. The standard InChI is InChI=1S/C7H11BrO5/c1-5(8)7(11)13-3-2-12-4-6(9)10/h5H,2-4H2,1H3,(H,9,10). The topological polar surface area (TPSA) is 72.8 Å². The van der Waals surface area contributed by atoms with Crippen LogP contribution in [0.5, 0.6) is 0 Å². The average molecular weight is 255 g/mol. The van der Waals surface area contributed by atoms with Crippen molar-refractivity contribution in [3.63, 3.8) is 0 Å². The first kappa shape index (κ1) is 12.4. The monoisotopic (exact) mass is 254 g/mol. The molecule has 5 nitrogen and oxygen atoms in total. The zero-order valence-corrected chi connectivity index (χ0v) is 8.74. The second-order valence-electron chi connectivity index (χ2n) is 2.23. The van der Waals surface area contributed by atoms with E-state index in [0.717, 1.165) is 0 Å². The van der Waals surface area contributed by atoms with Crippen LogP contribution in [0, 0.1) is 0 Å². The van der Waals surface area contributed by atoms with E-state index in [0.29, 0.717) is 0 Å². The second-order valence-corrected chi connectivity index (χ2v) is 3.60. The van der Waals surface area contributed by atoms with Crippen molar-refractivity contribution in [1.82, 2.24) is 0 Å². The molecule has 0 rings (SSSR count). The Morgan fingerprint density at radius 2 is 2.08 bits per heavy atom. The van der Waals surface area contributed by atoms with Gasteiger partial charge in [-0.05, 0) is 6.92 Å². The van der Waals surface area contributed by atoms with Crippen molar-refractivity contribution in [2.45, 2.75) is 11.8 Å². The molecule has 1 atom stereocenters. The zero-order chi connectivity index (χ0) is 10.3. The molecule has 0 saturated carbocycles. The zero-order valence-electron chi connectivity index (χ0n) is 7.16. The van der Waals surface area contributed by atoms with Crippen molar-refractivity contribution in [2.24, 2.45) is 0 Å². The Morgan fingerprint density at radius 3 is 2.54 bits per heavy atom. The molecule has 0 radical (unpaired) electrons. The molecule has 0 spiro atoms. The van der Waals surface area contributed by atoms with Gasteiger partial charge >= 0.3 is 11.9 Å². The van der Waals surface area contributed by atoms with Gasteiger partial charge in [0.1, 0.15) is 18.0 Å². The lowest BCUT2D eigenvalue weighted by Gasteiger charge is -2.05. The van der Waals surface area contributed by atoms with Gasteiger partial charge in [-0.15, -0.1) is 0 Å². The van der Waals surface area contributed by atoms with Crippen LogP contribution in [0.4, 0.5) is 0 Å². The number of rotatable bonds is 6. The highest BCUT2D eigenvalue weighted by molar-refractivity contribution is 9.10. The number of hydrogen-bond donors (Lipinski definition) is 1. The third-order valence-electron chi connectivity index (χ3n) is 1.02. The first-order chi connectivity index (χ1) is 6.04. The summed E-state index contributed by atoms with van der Waals surface area (Å²) in [4.78, 5) is 20.4. The number of alkyl halides is 1. The minimum atomic E-state index is -1.04. The maximum absolute atomic E-state index is 10.8. The number of halogens is 1. The number of carboxylic acid groups (broad SMARTS) is 1. The Bertz CT molecular complexity index is 180. The molecule has 0 bridgehead atoms. The molecule has 0 aromatic rings. The molecule has 0 aromatic heterocycles. The van der Waals surface area contributed by atoms with E-state index in [2.05, 4.69) is 25.4 Å². The van der Waals surface area contributed by atoms with Gasteiger partial charge in [-0.25, -0.2) is 4.79 Å². The Balaban J connectivity index is 3.26. The van der Waals surface area contributed by atoms with Crippen molar-refractivity contribution in [1.29, 1.82) is 0 Å². The number of hydrogen-bond acceptors (Lipinski definition) is 4. The number of aliphatic carboxylic acids is 1. The van der Waals surface area contributed by atoms with Crippen LogP contribution >= 0.6 is 15.9 Å². The Kier molecular flexibility index (Phi) is 6.52. The van der Waals surface area contributed by atoms with Crippen LogP contribution in [0.1, 0.15) is 6.92 Å². The van der Waals surface area contributed by atoms with Gasteiger partial charge < -0.3 is 14.6 Å². The fourth-order valence-electron chi connectivity index (χ4n) is 0.475. The molecule has 0 aromatic carbocycles. The van der Waals surface area contributed by atoms with E-state index < -0.39 is 5.97 Å². The highest BCUT2D eigenvalue weighted by atomic mass is 79.9.